The van der Waals surface area contributed by atoms with Crippen molar-refractivity contribution in [2.75, 3.05) is 61.8 Å². The van der Waals surface area contributed by atoms with Gasteiger partial charge in [-0.25, -0.2) is 13.2 Å². The fraction of sp³-hybridized carbons (Fsp3) is 0.455. The van der Waals surface area contributed by atoms with Crippen molar-refractivity contribution < 1.29 is 27.5 Å². The number of piperazine rings is 1. The van der Waals surface area contributed by atoms with Crippen molar-refractivity contribution in [2.24, 2.45) is 5.92 Å². The molecule has 3 N–H and O–H groups in total. The first-order valence-electron chi connectivity index (χ1n) is 15.3. The van der Waals surface area contributed by atoms with Crippen LogP contribution in [0.5, 0.6) is 11.5 Å². The number of carbonyl (C=O) groups excluding carboxylic acids is 2. The van der Waals surface area contributed by atoms with Gasteiger partial charge in [0.15, 0.2) is 5.75 Å². The molecule has 1 saturated carbocycles. The summed E-state index contributed by atoms with van der Waals surface area (Å²) in [7, 11) is -2.42. The number of nitrogens with one attached hydrogen (secondary N) is 3. The van der Waals surface area contributed by atoms with E-state index in [1.54, 1.807) is 18.2 Å². The smallest absolute Gasteiger partial charge is 0.323 e. The normalized spacial score (nSPS) is 16.7. The molecule has 3 amide bonds. The van der Waals surface area contributed by atoms with Crippen molar-refractivity contribution in [1.29, 1.82) is 0 Å². The van der Waals surface area contributed by atoms with Gasteiger partial charge < -0.3 is 25.0 Å². The number of methoxy groups -OCH3 is 1. The number of allylic oxidation sites excluding steroid dienone is 1. The van der Waals surface area contributed by atoms with Crippen LogP contribution in [0.4, 0.5) is 21.9 Å². The topological polar surface area (TPSA) is 129 Å². The molecule has 2 aliphatic carbocycles. The van der Waals surface area contributed by atoms with E-state index in [2.05, 4.69) is 26.8 Å². The molecule has 0 radical (unpaired) electrons. The van der Waals surface area contributed by atoms with E-state index in [0.29, 0.717) is 43.4 Å². The number of anilines is 3. The van der Waals surface area contributed by atoms with Crippen molar-refractivity contribution in [3.63, 3.8) is 0 Å². The Morgan fingerprint density at radius 2 is 1.84 bits per heavy atom. The van der Waals surface area contributed by atoms with E-state index in [1.165, 1.54) is 20.0 Å². The zero-order chi connectivity index (χ0) is 32.4. The number of ether oxygens (including phenoxy) is 2. The third kappa shape index (κ3) is 7.98. The van der Waals surface area contributed by atoms with E-state index < -0.39 is 16.1 Å². The molecule has 2 aromatic rings. The molecule has 2 fully saturated rings. The summed E-state index contributed by atoms with van der Waals surface area (Å²) >= 11 is 0. The SMILES string of the molecule is C=CS(=O)(=O)Nc1cc(C(C)(C)C)cc(NC(=O)Nc2ccc(OCCN3CCN(CC4CC4)C(=O)C3)c3c2C=CC3)c1OC. The molecule has 0 bridgehead atoms. The van der Waals surface area contributed by atoms with E-state index in [0.717, 1.165) is 47.5 Å². The van der Waals surface area contributed by atoms with E-state index in [9.17, 15) is 18.0 Å². The number of hydrogen-bond acceptors (Lipinski definition) is 7. The molecule has 3 aliphatic rings. The van der Waals surface area contributed by atoms with Crippen LogP contribution in [0, 0.1) is 5.92 Å². The number of benzene rings is 2. The third-order valence-corrected chi connectivity index (χ3v) is 9.23. The van der Waals surface area contributed by atoms with Gasteiger partial charge in [0.25, 0.3) is 10.0 Å². The minimum atomic E-state index is -3.83. The second-order valence-corrected chi connectivity index (χ2v) is 14.4. The number of nitrogens with zero attached hydrogens (tertiary/aromatic N) is 2. The van der Waals surface area contributed by atoms with Crippen LogP contribution >= 0.6 is 0 Å². The zero-order valence-electron chi connectivity index (χ0n) is 26.4. The minimum Gasteiger partial charge on any atom is -0.492 e. The van der Waals surface area contributed by atoms with Crippen molar-refractivity contribution in [1.82, 2.24) is 9.80 Å². The highest BCUT2D eigenvalue weighted by molar-refractivity contribution is 7.95. The number of urea groups is 1. The number of sulfonamides is 1. The predicted molar refractivity (Wildman–Crippen MR) is 177 cm³/mol. The molecule has 11 nitrogen and oxygen atoms in total. The van der Waals surface area contributed by atoms with Crippen LogP contribution in [0.2, 0.25) is 0 Å². The summed E-state index contributed by atoms with van der Waals surface area (Å²) in [4.78, 5) is 30.0. The average Bonchev–Trinajstić information content (AvgIpc) is 3.65. The molecule has 12 heteroatoms. The number of carbonyl (C=O) groups is 2. The molecule has 5 rings (SSSR count). The highest BCUT2D eigenvalue weighted by atomic mass is 32.2. The lowest BCUT2D eigenvalue weighted by molar-refractivity contribution is -0.136. The van der Waals surface area contributed by atoms with Gasteiger partial charge in [0.05, 0.1) is 30.7 Å². The standard InChI is InChI=1S/C33H43N5O6S/c1-6-45(41,42)36-28-19-23(33(2,3)4)18-27(31(28)43-5)35-32(40)34-26-12-13-29(25-9-7-8-24(25)26)44-17-16-37-14-15-38(30(39)21-37)20-22-10-11-22/h6-8,12-13,18-19,22,36H,1,9-11,14-17,20-21H2,2-5H3,(H2,34,35,40). The highest BCUT2D eigenvalue weighted by Crippen LogP contribution is 2.40. The number of rotatable bonds is 12. The van der Waals surface area contributed by atoms with Crippen molar-refractivity contribution >= 4 is 45.1 Å². The van der Waals surface area contributed by atoms with Crippen molar-refractivity contribution in [2.45, 2.75) is 45.4 Å². The van der Waals surface area contributed by atoms with Gasteiger partial charge in [-0.1, -0.05) is 39.5 Å². The van der Waals surface area contributed by atoms with Gasteiger partial charge in [-0.05, 0) is 60.4 Å². The average molecular weight is 638 g/mol. The van der Waals surface area contributed by atoms with Crippen LogP contribution in [0.15, 0.2) is 42.3 Å². The van der Waals surface area contributed by atoms with Gasteiger partial charge in [0, 0.05) is 42.7 Å². The highest BCUT2D eigenvalue weighted by Gasteiger charge is 2.30. The van der Waals surface area contributed by atoms with Crippen molar-refractivity contribution in [3.8, 4) is 11.5 Å². The van der Waals surface area contributed by atoms with Crippen LogP contribution < -0.4 is 24.8 Å². The number of amides is 3. The molecular weight excluding hydrogens is 594 g/mol. The monoisotopic (exact) mass is 637 g/mol. The lowest BCUT2D eigenvalue weighted by atomic mass is 9.86. The number of hydrogen-bond donors (Lipinski definition) is 3. The van der Waals surface area contributed by atoms with Gasteiger partial charge >= 0.3 is 6.03 Å². The summed E-state index contributed by atoms with van der Waals surface area (Å²) in [5.41, 5.74) is 3.38. The Hall–Kier alpha value is -4.03. The summed E-state index contributed by atoms with van der Waals surface area (Å²) in [5, 5.41) is 6.57. The lowest BCUT2D eigenvalue weighted by Gasteiger charge is -2.34. The third-order valence-electron chi connectivity index (χ3n) is 8.29. The maximum atomic E-state index is 13.3. The first kappa shape index (κ1) is 32.4. The summed E-state index contributed by atoms with van der Waals surface area (Å²) < 4.78 is 38.8. The Morgan fingerprint density at radius 3 is 2.51 bits per heavy atom. The van der Waals surface area contributed by atoms with Crippen molar-refractivity contribution in [3.05, 3.63) is 59.0 Å². The lowest BCUT2D eigenvalue weighted by Crippen LogP contribution is -2.51. The molecule has 0 aromatic heterocycles. The van der Waals surface area contributed by atoms with Gasteiger partial charge in [-0.2, -0.15) is 0 Å². The molecule has 1 aliphatic heterocycles. The largest absolute Gasteiger partial charge is 0.492 e. The summed E-state index contributed by atoms with van der Waals surface area (Å²) in [6, 6.07) is 6.59. The maximum Gasteiger partial charge on any atom is 0.323 e. The van der Waals surface area contributed by atoms with Gasteiger partial charge in [-0.3, -0.25) is 14.4 Å². The van der Waals surface area contributed by atoms with Gasteiger partial charge in [0.2, 0.25) is 5.91 Å². The molecule has 0 spiro atoms. The van der Waals surface area contributed by atoms with Gasteiger partial charge in [-0.15, -0.1) is 0 Å². The van der Waals surface area contributed by atoms with Gasteiger partial charge in [0.1, 0.15) is 12.4 Å². The Balaban J connectivity index is 1.25. The van der Waals surface area contributed by atoms with Crippen LogP contribution in [-0.2, 0) is 26.7 Å². The zero-order valence-corrected chi connectivity index (χ0v) is 27.3. The minimum absolute atomic E-state index is 0.170. The predicted octanol–water partition coefficient (Wildman–Crippen LogP) is 5.02. The fourth-order valence-corrected chi connectivity index (χ4v) is 6.09. The molecule has 2 aromatic carbocycles. The number of fused-ring (bicyclic) bond motifs is 1. The molecule has 1 saturated heterocycles. The van der Waals surface area contributed by atoms with Crippen LogP contribution in [0.3, 0.4) is 0 Å². The Labute approximate surface area is 265 Å². The molecule has 0 unspecified atom stereocenters. The summed E-state index contributed by atoms with van der Waals surface area (Å²) in [5.74, 6) is 1.81. The first-order chi connectivity index (χ1) is 21.4. The molecule has 45 heavy (non-hydrogen) atoms. The molecule has 242 valence electrons. The van der Waals surface area contributed by atoms with E-state index in [1.807, 2.05) is 43.9 Å². The van der Waals surface area contributed by atoms with E-state index in [4.69, 9.17) is 9.47 Å². The Morgan fingerprint density at radius 1 is 1.11 bits per heavy atom. The Bertz CT molecular complexity index is 1610. The quantitative estimate of drug-likeness (QED) is 0.298. The van der Waals surface area contributed by atoms with Crippen LogP contribution in [0.25, 0.3) is 6.08 Å². The van der Waals surface area contributed by atoms with E-state index >= 15 is 0 Å². The second-order valence-electron chi connectivity index (χ2n) is 12.8. The summed E-state index contributed by atoms with van der Waals surface area (Å²) in [6.07, 6.45) is 7.13. The molecular formula is C33H43N5O6S. The van der Waals surface area contributed by atoms with Crippen LogP contribution in [-0.4, -0.2) is 76.6 Å². The summed E-state index contributed by atoms with van der Waals surface area (Å²) in [6.45, 7) is 13.4. The first-order valence-corrected chi connectivity index (χ1v) is 16.8. The fourth-order valence-electron chi connectivity index (χ4n) is 5.54. The van der Waals surface area contributed by atoms with Crippen LogP contribution in [0.1, 0.15) is 50.3 Å². The molecule has 0 atom stereocenters. The second kappa shape index (κ2) is 13.1. The van der Waals surface area contributed by atoms with E-state index in [-0.39, 0.29) is 22.8 Å². The maximum absolute atomic E-state index is 13.3. The Kier molecular flexibility index (Phi) is 9.45. The molecule has 1 heterocycles.